The third kappa shape index (κ3) is 6.44. The third-order valence-corrected chi connectivity index (χ3v) is 5.00. The van der Waals surface area contributed by atoms with Crippen LogP contribution in [0.2, 0.25) is 0 Å². The summed E-state index contributed by atoms with van der Waals surface area (Å²) in [6.07, 6.45) is 0.406. The Bertz CT molecular complexity index is 983. The zero-order valence-electron chi connectivity index (χ0n) is 17.9. The summed E-state index contributed by atoms with van der Waals surface area (Å²) < 4.78 is 5.86. The Balaban J connectivity index is 1.60. The molecule has 0 fully saturated rings. The number of benzene rings is 3. The summed E-state index contributed by atoms with van der Waals surface area (Å²) in [7, 11) is 0. The van der Waals surface area contributed by atoms with E-state index in [-0.39, 0.29) is 11.8 Å². The van der Waals surface area contributed by atoms with Crippen molar-refractivity contribution < 1.29 is 14.3 Å². The van der Waals surface area contributed by atoms with Crippen molar-refractivity contribution in [3.8, 4) is 5.75 Å². The minimum absolute atomic E-state index is 0.238. The van der Waals surface area contributed by atoms with E-state index in [0.29, 0.717) is 25.1 Å². The van der Waals surface area contributed by atoms with Gasteiger partial charge in [0.1, 0.15) is 18.4 Å². The molecule has 3 rings (SSSR count). The van der Waals surface area contributed by atoms with Crippen molar-refractivity contribution >= 4 is 11.8 Å². The van der Waals surface area contributed by atoms with Crippen LogP contribution in [0.25, 0.3) is 0 Å². The molecule has 2 N–H and O–H groups in total. The van der Waals surface area contributed by atoms with Gasteiger partial charge in [-0.25, -0.2) is 0 Å². The van der Waals surface area contributed by atoms with E-state index in [1.165, 1.54) is 0 Å². The number of carbonyl (C=O) groups is 2. The van der Waals surface area contributed by atoms with E-state index in [0.717, 1.165) is 22.4 Å². The highest BCUT2D eigenvalue weighted by atomic mass is 16.5. The van der Waals surface area contributed by atoms with Gasteiger partial charge in [-0.1, -0.05) is 66.7 Å². The highest BCUT2D eigenvalue weighted by Crippen LogP contribution is 2.21. The maximum absolute atomic E-state index is 12.9. The van der Waals surface area contributed by atoms with Gasteiger partial charge in [0.25, 0.3) is 5.91 Å². The maximum atomic E-state index is 12.9. The number of hydrogen-bond donors (Lipinski definition) is 2. The Kier molecular flexibility index (Phi) is 7.82. The van der Waals surface area contributed by atoms with Gasteiger partial charge in [0.05, 0.1) is 6.54 Å². The molecule has 0 radical (unpaired) electrons. The van der Waals surface area contributed by atoms with Crippen LogP contribution in [-0.2, 0) is 11.2 Å². The summed E-state index contributed by atoms with van der Waals surface area (Å²) in [6, 6.07) is 23.8. The Morgan fingerprint density at radius 2 is 1.45 bits per heavy atom. The van der Waals surface area contributed by atoms with Crippen molar-refractivity contribution in [3.63, 3.8) is 0 Å². The molecular formula is C26H28N2O3. The van der Waals surface area contributed by atoms with Crippen molar-refractivity contribution in [1.82, 2.24) is 10.6 Å². The molecular weight excluding hydrogens is 388 g/mol. The molecule has 5 nitrogen and oxygen atoms in total. The smallest absolute Gasteiger partial charge is 0.251 e. The Morgan fingerprint density at radius 1 is 0.839 bits per heavy atom. The highest BCUT2D eigenvalue weighted by molar-refractivity contribution is 5.97. The fraction of sp³-hybridized carbons (Fsp3) is 0.231. The lowest BCUT2D eigenvalue weighted by Crippen LogP contribution is -2.48. The van der Waals surface area contributed by atoms with Gasteiger partial charge in [-0.15, -0.1) is 0 Å². The van der Waals surface area contributed by atoms with Gasteiger partial charge in [0.15, 0.2) is 0 Å². The topological polar surface area (TPSA) is 67.4 Å². The first-order chi connectivity index (χ1) is 15.0. The number of carbonyl (C=O) groups excluding carboxylic acids is 2. The molecule has 0 bridgehead atoms. The second-order valence-corrected chi connectivity index (χ2v) is 7.44. The predicted octanol–water partition coefficient (Wildman–Crippen LogP) is 3.84. The summed E-state index contributed by atoms with van der Waals surface area (Å²) in [5.74, 6) is 0.330. The minimum atomic E-state index is -0.685. The normalized spacial score (nSPS) is 11.4. The molecule has 0 spiro atoms. The quantitative estimate of drug-likeness (QED) is 0.521. The maximum Gasteiger partial charge on any atom is 0.251 e. The molecule has 0 aromatic heterocycles. The molecule has 0 aliphatic heterocycles. The van der Waals surface area contributed by atoms with Gasteiger partial charge in [0, 0.05) is 12.0 Å². The van der Waals surface area contributed by atoms with Crippen molar-refractivity contribution in [1.29, 1.82) is 0 Å². The first-order valence-corrected chi connectivity index (χ1v) is 10.4. The molecule has 3 aromatic carbocycles. The summed E-state index contributed by atoms with van der Waals surface area (Å²) >= 11 is 0. The highest BCUT2D eigenvalue weighted by Gasteiger charge is 2.21. The Morgan fingerprint density at radius 3 is 2.10 bits per heavy atom. The summed E-state index contributed by atoms with van der Waals surface area (Å²) in [5.41, 5.74) is 3.61. The summed E-state index contributed by atoms with van der Waals surface area (Å²) in [4.78, 5) is 25.5. The largest absolute Gasteiger partial charge is 0.491 e. The SMILES string of the molecule is Cc1cccc(C)c1OCCNC(=O)[C@@H](Cc1ccccc1)NC(=O)c1ccccc1. The van der Waals surface area contributed by atoms with Gasteiger partial charge in [-0.05, 0) is 42.7 Å². The van der Waals surface area contributed by atoms with Gasteiger partial charge < -0.3 is 15.4 Å². The second kappa shape index (κ2) is 11.0. The van der Waals surface area contributed by atoms with Crippen LogP contribution in [-0.4, -0.2) is 31.0 Å². The third-order valence-electron chi connectivity index (χ3n) is 5.00. The number of para-hydroxylation sites is 1. The number of aryl methyl sites for hydroxylation is 2. The van der Waals surface area contributed by atoms with Crippen LogP contribution in [0.3, 0.4) is 0 Å². The summed E-state index contributed by atoms with van der Waals surface area (Å²) in [6.45, 7) is 4.69. The molecule has 0 aliphatic rings. The summed E-state index contributed by atoms with van der Waals surface area (Å²) in [5, 5.41) is 5.76. The van der Waals surface area contributed by atoms with Crippen LogP contribution in [0.15, 0.2) is 78.9 Å². The monoisotopic (exact) mass is 416 g/mol. The van der Waals surface area contributed by atoms with E-state index >= 15 is 0 Å². The van der Waals surface area contributed by atoms with Crippen LogP contribution in [0.4, 0.5) is 0 Å². The molecule has 0 saturated carbocycles. The molecule has 160 valence electrons. The second-order valence-electron chi connectivity index (χ2n) is 7.44. The van der Waals surface area contributed by atoms with Gasteiger partial charge >= 0.3 is 0 Å². The van der Waals surface area contributed by atoms with Crippen LogP contribution in [0.1, 0.15) is 27.0 Å². The number of ether oxygens (including phenoxy) is 1. The molecule has 31 heavy (non-hydrogen) atoms. The van der Waals surface area contributed by atoms with Crippen LogP contribution >= 0.6 is 0 Å². The molecule has 5 heteroatoms. The van der Waals surface area contributed by atoms with Crippen LogP contribution in [0, 0.1) is 13.8 Å². The predicted molar refractivity (Wildman–Crippen MR) is 122 cm³/mol. The lowest BCUT2D eigenvalue weighted by Gasteiger charge is -2.19. The minimum Gasteiger partial charge on any atom is -0.491 e. The zero-order valence-corrected chi connectivity index (χ0v) is 17.9. The molecule has 0 unspecified atom stereocenters. The zero-order chi connectivity index (χ0) is 22.1. The van der Waals surface area contributed by atoms with E-state index in [9.17, 15) is 9.59 Å². The molecule has 1 atom stereocenters. The van der Waals surface area contributed by atoms with Crippen LogP contribution in [0.5, 0.6) is 5.75 Å². The lowest BCUT2D eigenvalue weighted by atomic mass is 10.0. The van der Waals surface area contributed by atoms with Crippen molar-refractivity contribution in [2.24, 2.45) is 0 Å². The fourth-order valence-electron chi connectivity index (χ4n) is 3.37. The van der Waals surface area contributed by atoms with E-state index in [4.69, 9.17) is 4.74 Å². The van der Waals surface area contributed by atoms with Crippen molar-refractivity contribution in [2.75, 3.05) is 13.2 Å². The molecule has 0 heterocycles. The molecule has 2 amide bonds. The molecule has 3 aromatic rings. The van der Waals surface area contributed by atoms with Crippen molar-refractivity contribution in [3.05, 3.63) is 101 Å². The average Bonchev–Trinajstić information content (AvgIpc) is 2.79. The number of amides is 2. The van der Waals surface area contributed by atoms with Gasteiger partial charge in [0.2, 0.25) is 5.91 Å². The molecule has 0 aliphatic carbocycles. The lowest BCUT2D eigenvalue weighted by molar-refractivity contribution is -0.123. The van der Waals surface area contributed by atoms with E-state index < -0.39 is 6.04 Å². The number of nitrogens with one attached hydrogen (secondary N) is 2. The van der Waals surface area contributed by atoms with Crippen LogP contribution < -0.4 is 15.4 Å². The first kappa shape index (κ1) is 22.1. The van der Waals surface area contributed by atoms with Gasteiger partial charge in [-0.3, -0.25) is 9.59 Å². The van der Waals surface area contributed by atoms with Crippen molar-refractivity contribution in [2.45, 2.75) is 26.3 Å². The number of hydrogen-bond acceptors (Lipinski definition) is 3. The van der Waals surface area contributed by atoms with E-state index in [2.05, 4.69) is 10.6 Å². The first-order valence-electron chi connectivity index (χ1n) is 10.4. The molecule has 0 saturated heterocycles. The Labute approximate surface area is 183 Å². The van der Waals surface area contributed by atoms with Gasteiger partial charge in [-0.2, -0.15) is 0 Å². The average molecular weight is 417 g/mol. The van der Waals surface area contributed by atoms with E-state index in [1.54, 1.807) is 24.3 Å². The standard InChI is InChI=1S/C26H28N2O3/c1-19-10-9-11-20(2)24(19)31-17-16-27-26(30)23(18-21-12-5-3-6-13-21)28-25(29)22-14-7-4-8-15-22/h3-15,23H,16-18H2,1-2H3,(H,27,30)(H,28,29)/t23-/m1/s1. The fourth-order valence-corrected chi connectivity index (χ4v) is 3.37. The van der Waals surface area contributed by atoms with E-state index in [1.807, 2.05) is 68.4 Å². The Hall–Kier alpha value is -3.60. The number of rotatable bonds is 9.